The molecule has 0 radical (unpaired) electrons. The Balaban J connectivity index is 1.89. The predicted molar refractivity (Wildman–Crippen MR) is 67.5 cm³/mol. The molecule has 1 amide bonds. The topological polar surface area (TPSA) is 68.0 Å². The number of nitrogens with zero attached hydrogens (tertiary/aromatic N) is 1. The Bertz CT molecular complexity index is 428. The lowest BCUT2D eigenvalue weighted by Gasteiger charge is -2.18. The highest BCUT2D eigenvalue weighted by atomic mass is 16.1. The summed E-state index contributed by atoms with van der Waals surface area (Å²) in [5, 5.41) is 2.89. The molecule has 4 heteroatoms. The molecule has 1 aromatic rings. The number of nitrogen functional groups attached to an aromatic ring is 1. The molecule has 1 heterocycles. The smallest absolute Gasteiger partial charge is 0.272 e. The van der Waals surface area contributed by atoms with Crippen LogP contribution < -0.4 is 11.1 Å². The average molecular weight is 231 g/mol. The number of hydrogen-bond acceptors (Lipinski definition) is 3. The maximum absolute atomic E-state index is 11.8. The molecule has 0 spiro atoms. The number of carbonyl (C=O) groups is 1. The minimum absolute atomic E-state index is 0.183. The number of nitrogens with one attached hydrogen (secondary N) is 1. The van der Waals surface area contributed by atoms with Gasteiger partial charge in [0.2, 0.25) is 0 Å². The van der Waals surface area contributed by atoms with Gasteiger partial charge in [0.05, 0.1) is 5.69 Å². The number of amides is 1. The van der Waals surface area contributed by atoms with Crippen molar-refractivity contribution in [3.8, 4) is 0 Å². The monoisotopic (exact) mass is 231 g/mol. The molecule has 2 rings (SSSR count). The van der Waals surface area contributed by atoms with Crippen LogP contribution in [0, 0.1) is 5.92 Å². The first-order chi connectivity index (χ1) is 8.27. The molecule has 0 saturated carbocycles. The second-order valence-corrected chi connectivity index (χ2v) is 4.30. The van der Waals surface area contributed by atoms with Gasteiger partial charge in [0, 0.05) is 12.7 Å². The minimum atomic E-state index is -0.183. The Labute approximate surface area is 101 Å². The quantitative estimate of drug-likeness (QED) is 0.779. The van der Waals surface area contributed by atoms with E-state index in [2.05, 4.69) is 22.5 Å². The summed E-state index contributed by atoms with van der Waals surface area (Å²) < 4.78 is 0. The standard InChI is InChI=1S/C13H17N3O/c14-11-7-4-8-15-12(11)13(17)16-9-10-5-2-1-3-6-10/h1-2,4,7-8,10H,3,5-6,9,14H2,(H,16,17). The van der Waals surface area contributed by atoms with Crippen LogP contribution in [-0.2, 0) is 0 Å². The summed E-state index contributed by atoms with van der Waals surface area (Å²) in [6, 6.07) is 3.41. The molecule has 1 atom stereocenters. The third-order valence-corrected chi connectivity index (χ3v) is 2.98. The number of anilines is 1. The van der Waals surface area contributed by atoms with Crippen molar-refractivity contribution >= 4 is 11.6 Å². The van der Waals surface area contributed by atoms with Gasteiger partial charge in [-0.05, 0) is 37.3 Å². The Morgan fingerprint density at radius 3 is 3.12 bits per heavy atom. The van der Waals surface area contributed by atoms with Gasteiger partial charge in [-0.25, -0.2) is 4.98 Å². The Kier molecular flexibility index (Phi) is 3.75. The normalized spacial score (nSPS) is 18.9. The van der Waals surface area contributed by atoms with Crippen LogP contribution in [0.4, 0.5) is 5.69 Å². The first kappa shape index (κ1) is 11.6. The van der Waals surface area contributed by atoms with Crippen LogP contribution in [0.5, 0.6) is 0 Å². The summed E-state index contributed by atoms with van der Waals surface area (Å²) in [7, 11) is 0. The van der Waals surface area contributed by atoms with Gasteiger partial charge in [-0.1, -0.05) is 12.2 Å². The van der Waals surface area contributed by atoms with Gasteiger partial charge in [-0.3, -0.25) is 4.79 Å². The summed E-state index contributed by atoms with van der Waals surface area (Å²) >= 11 is 0. The molecular weight excluding hydrogens is 214 g/mol. The highest BCUT2D eigenvalue weighted by Gasteiger charge is 2.14. The van der Waals surface area contributed by atoms with E-state index in [1.54, 1.807) is 18.3 Å². The number of rotatable bonds is 3. The lowest BCUT2D eigenvalue weighted by atomic mass is 9.94. The fraction of sp³-hybridized carbons (Fsp3) is 0.385. The van der Waals surface area contributed by atoms with E-state index in [-0.39, 0.29) is 5.91 Å². The van der Waals surface area contributed by atoms with E-state index in [1.165, 1.54) is 0 Å². The number of carbonyl (C=O) groups excluding carboxylic acids is 1. The van der Waals surface area contributed by atoms with Crippen molar-refractivity contribution in [1.82, 2.24) is 10.3 Å². The average Bonchev–Trinajstić information content (AvgIpc) is 2.38. The molecule has 4 nitrogen and oxygen atoms in total. The summed E-state index contributed by atoms with van der Waals surface area (Å²) in [4.78, 5) is 15.8. The number of pyridine rings is 1. The Morgan fingerprint density at radius 1 is 1.53 bits per heavy atom. The Hall–Kier alpha value is -1.84. The molecule has 1 unspecified atom stereocenters. The van der Waals surface area contributed by atoms with E-state index in [4.69, 9.17) is 5.73 Å². The summed E-state index contributed by atoms with van der Waals surface area (Å²) in [6.07, 6.45) is 9.22. The van der Waals surface area contributed by atoms with Crippen molar-refractivity contribution in [2.45, 2.75) is 19.3 Å². The number of nitrogens with two attached hydrogens (primary N) is 1. The third kappa shape index (κ3) is 3.06. The molecule has 1 aliphatic rings. The lowest BCUT2D eigenvalue weighted by Crippen LogP contribution is -2.30. The first-order valence-corrected chi connectivity index (χ1v) is 5.91. The maximum atomic E-state index is 11.8. The number of aromatic nitrogens is 1. The van der Waals surface area contributed by atoms with Gasteiger partial charge in [0.15, 0.2) is 5.69 Å². The van der Waals surface area contributed by atoms with Gasteiger partial charge in [-0.2, -0.15) is 0 Å². The summed E-state index contributed by atoms with van der Waals surface area (Å²) in [5.74, 6) is 0.353. The van der Waals surface area contributed by atoms with Crippen LogP contribution in [0.3, 0.4) is 0 Å². The highest BCUT2D eigenvalue weighted by Crippen LogP contribution is 2.17. The number of allylic oxidation sites excluding steroid dienone is 2. The van der Waals surface area contributed by atoms with Crippen LogP contribution in [0.15, 0.2) is 30.5 Å². The van der Waals surface area contributed by atoms with E-state index in [0.717, 1.165) is 19.3 Å². The highest BCUT2D eigenvalue weighted by molar-refractivity contribution is 5.96. The Morgan fingerprint density at radius 2 is 2.41 bits per heavy atom. The van der Waals surface area contributed by atoms with Crippen LogP contribution >= 0.6 is 0 Å². The molecule has 3 N–H and O–H groups in total. The van der Waals surface area contributed by atoms with E-state index >= 15 is 0 Å². The zero-order valence-electron chi connectivity index (χ0n) is 9.73. The molecule has 0 fully saturated rings. The van der Waals surface area contributed by atoms with E-state index < -0.39 is 0 Å². The predicted octanol–water partition coefficient (Wildman–Crippen LogP) is 1.75. The second kappa shape index (κ2) is 5.48. The zero-order valence-corrected chi connectivity index (χ0v) is 9.73. The van der Waals surface area contributed by atoms with Gasteiger partial charge in [0.1, 0.15) is 0 Å². The fourth-order valence-electron chi connectivity index (χ4n) is 1.97. The van der Waals surface area contributed by atoms with Gasteiger partial charge >= 0.3 is 0 Å². The molecule has 1 aliphatic carbocycles. The van der Waals surface area contributed by atoms with Crippen LogP contribution in [-0.4, -0.2) is 17.4 Å². The molecule has 0 aromatic carbocycles. The zero-order chi connectivity index (χ0) is 12.1. The SMILES string of the molecule is Nc1cccnc1C(=O)NCC1CC=CCC1. The molecule has 0 saturated heterocycles. The van der Waals surface area contributed by atoms with Crippen molar-refractivity contribution in [3.05, 3.63) is 36.2 Å². The fourth-order valence-corrected chi connectivity index (χ4v) is 1.97. The van der Waals surface area contributed by atoms with Crippen LogP contribution in [0.2, 0.25) is 0 Å². The van der Waals surface area contributed by atoms with Crippen molar-refractivity contribution in [3.63, 3.8) is 0 Å². The molecule has 0 aliphatic heterocycles. The molecule has 17 heavy (non-hydrogen) atoms. The maximum Gasteiger partial charge on any atom is 0.272 e. The third-order valence-electron chi connectivity index (χ3n) is 2.98. The first-order valence-electron chi connectivity index (χ1n) is 5.91. The van der Waals surface area contributed by atoms with E-state index in [0.29, 0.717) is 23.8 Å². The molecule has 90 valence electrons. The van der Waals surface area contributed by atoms with Crippen molar-refractivity contribution < 1.29 is 4.79 Å². The van der Waals surface area contributed by atoms with Crippen molar-refractivity contribution in [2.75, 3.05) is 12.3 Å². The van der Waals surface area contributed by atoms with Crippen LogP contribution in [0.1, 0.15) is 29.8 Å². The van der Waals surface area contributed by atoms with Crippen molar-refractivity contribution in [1.29, 1.82) is 0 Å². The summed E-state index contributed by atoms with van der Waals surface area (Å²) in [6.45, 7) is 0.694. The van der Waals surface area contributed by atoms with Crippen molar-refractivity contribution in [2.24, 2.45) is 5.92 Å². The van der Waals surface area contributed by atoms with Gasteiger partial charge in [0.25, 0.3) is 5.91 Å². The van der Waals surface area contributed by atoms with Gasteiger partial charge < -0.3 is 11.1 Å². The summed E-state index contributed by atoms with van der Waals surface area (Å²) in [5.41, 5.74) is 6.44. The second-order valence-electron chi connectivity index (χ2n) is 4.30. The largest absolute Gasteiger partial charge is 0.397 e. The molecule has 0 bridgehead atoms. The molecular formula is C13H17N3O. The van der Waals surface area contributed by atoms with Gasteiger partial charge in [-0.15, -0.1) is 0 Å². The van der Waals surface area contributed by atoms with Crippen LogP contribution in [0.25, 0.3) is 0 Å². The van der Waals surface area contributed by atoms with E-state index in [9.17, 15) is 4.79 Å². The number of hydrogen-bond donors (Lipinski definition) is 2. The molecule has 1 aromatic heterocycles. The minimum Gasteiger partial charge on any atom is -0.397 e. The van der Waals surface area contributed by atoms with E-state index in [1.807, 2.05) is 0 Å². The lowest BCUT2D eigenvalue weighted by molar-refractivity contribution is 0.0942.